The number of nitrogens with zero attached hydrogens (tertiary/aromatic N) is 1. The van der Waals surface area contributed by atoms with E-state index < -0.39 is 10.0 Å². The number of hydrogen-bond donors (Lipinski definition) is 1. The molecule has 0 aromatic heterocycles. The van der Waals surface area contributed by atoms with Gasteiger partial charge in [0.25, 0.3) is 0 Å². The zero-order chi connectivity index (χ0) is 14.9. The van der Waals surface area contributed by atoms with Crippen molar-refractivity contribution in [2.45, 2.75) is 37.5 Å². The zero-order valence-corrected chi connectivity index (χ0v) is 13.1. The lowest BCUT2D eigenvalue weighted by molar-refractivity contribution is -0.0440. The van der Waals surface area contributed by atoms with Crippen LogP contribution in [-0.4, -0.2) is 38.0 Å². The largest absolute Gasteiger partial charge is 0.373 e. The van der Waals surface area contributed by atoms with E-state index in [0.717, 1.165) is 5.56 Å². The molecule has 1 aliphatic rings. The molecule has 2 rings (SSSR count). The van der Waals surface area contributed by atoms with Crippen LogP contribution in [0.1, 0.15) is 19.4 Å². The minimum Gasteiger partial charge on any atom is -0.373 e. The molecular formula is C13H19ClN2O3S. The Labute approximate surface area is 124 Å². The Morgan fingerprint density at radius 3 is 2.45 bits per heavy atom. The van der Waals surface area contributed by atoms with Crippen LogP contribution in [0.5, 0.6) is 0 Å². The third-order valence-electron chi connectivity index (χ3n) is 3.27. The molecule has 5 nitrogen and oxygen atoms in total. The summed E-state index contributed by atoms with van der Waals surface area (Å²) in [5, 5.41) is 0.378. The summed E-state index contributed by atoms with van der Waals surface area (Å²) >= 11 is 6.04. The van der Waals surface area contributed by atoms with Crippen LogP contribution in [0.4, 0.5) is 0 Å². The fourth-order valence-corrected chi connectivity index (χ4v) is 4.27. The Balaban J connectivity index is 2.32. The van der Waals surface area contributed by atoms with Crippen molar-refractivity contribution in [3.05, 3.63) is 28.8 Å². The van der Waals surface area contributed by atoms with Crippen molar-refractivity contribution in [2.75, 3.05) is 13.1 Å². The minimum absolute atomic E-state index is 0.118. The predicted molar refractivity (Wildman–Crippen MR) is 78.1 cm³/mol. The van der Waals surface area contributed by atoms with Crippen molar-refractivity contribution in [1.82, 2.24) is 4.31 Å². The van der Waals surface area contributed by atoms with E-state index in [1.807, 2.05) is 13.8 Å². The van der Waals surface area contributed by atoms with Gasteiger partial charge < -0.3 is 10.5 Å². The Hall–Kier alpha value is -0.660. The first-order valence-corrected chi connectivity index (χ1v) is 8.30. The number of rotatable bonds is 3. The second kappa shape index (κ2) is 5.99. The number of sulfonamides is 1. The van der Waals surface area contributed by atoms with Gasteiger partial charge in [0, 0.05) is 24.7 Å². The fourth-order valence-electron chi connectivity index (χ4n) is 2.33. The van der Waals surface area contributed by atoms with E-state index >= 15 is 0 Å². The zero-order valence-electron chi connectivity index (χ0n) is 11.5. The first-order chi connectivity index (χ1) is 9.34. The van der Waals surface area contributed by atoms with Crippen molar-refractivity contribution in [1.29, 1.82) is 0 Å². The summed E-state index contributed by atoms with van der Waals surface area (Å²) in [6.07, 6.45) is -0.236. The third kappa shape index (κ3) is 3.15. The summed E-state index contributed by atoms with van der Waals surface area (Å²) in [6, 6.07) is 4.67. The van der Waals surface area contributed by atoms with Crippen LogP contribution < -0.4 is 5.73 Å². The summed E-state index contributed by atoms with van der Waals surface area (Å²) in [4.78, 5) is 0.195. The molecule has 2 unspecified atom stereocenters. The molecular weight excluding hydrogens is 300 g/mol. The van der Waals surface area contributed by atoms with Crippen molar-refractivity contribution >= 4 is 21.6 Å². The molecule has 0 radical (unpaired) electrons. The summed E-state index contributed by atoms with van der Waals surface area (Å²) in [7, 11) is -3.55. The quantitative estimate of drug-likeness (QED) is 0.918. The van der Waals surface area contributed by atoms with Gasteiger partial charge in [0.1, 0.15) is 0 Å². The van der Waals surface area contributed by atoms with Crippen LogP contribution in [0.3, 0.4) is 0 Å². The lowest BCUT2D eigenvalue weighted by atomic mass is 10.2. The first-order valence-electron chi connectivity index (χ1n) is 6.48. The Bertz CT molecular complexity index is 581. The molecule has 2 atom stereocenters. The van der Waals surface area contributed by atoms with Gasteiger partial charge >= 0.3 is 0 Å². The molecule has 1 aromatic rings. The number of benzene rings is 1. The van der Waals surface area contributed by atoms with E-state index in [1.165, 1.54) is 10.4 Å². The third-order valence-corrected chi connectivity index (χ3v) is 5.45. The normalized spacial score (nSPS) is 24.8. The van der Waals surface area contributed by atoms with Gasteiger partial charge in [-0.2, -0.15) is 4.31 Å². The van der Waals surface area contributed by atoms with Crippen molar-refractivity contribution in [3.63, 3.8) is 0 Å². The SMILES string of the molecule is CC1CN(S(=O)(=O)c2ccc(CN)c(Cl)c2)CC(C)O1. The van der Waals surface area contributed by atoms with Gasteiger partial charge in [-0.05, 0) is 31.5 Å². The maximum absolute atomic E-state index is 12.6. The van der Waals surface area contributed by atoms with E-state index in [0.29, 0.717) is 18.1 Å². The lowest BCUT2D eigenvalue weighted by Gasteiger charge is -2.34. The van der Waals surface area contributed by atoms with Gasteiger partial charge in [0.05, 0.1) is 17.1 Å². The van der Waals surface area contributed by atoms with Gasteiger partial charge in [-0.1, -0.05) is 17.7 Å². The van der Waals surface area contributed by atoms with E-state index in [2.05, 4.69) is 0 Å². The molecule has 20 heavy (non-hydrogen) atoms. The van der Waals surface area contributed by atoms with Crippen molar-refractivity contribution < 1.29 is 13.2 Å². The Morgan fingerprint density at radius 1 is 1.35 bits per heavy atom. The van der Waals surface area contributed by atoms with E-state index in [4.69, 9.17) is 22.1 Å². The lowest BCUT2D eigenvalue weighted by Crippen LogP contribution is -2.48. The van der Waals surface area contributed by atoms with E-state index in [1.54, 1.807) is 12.1 Å². The molecule has 0 aliphatic carbocycles. The van der Waals surface area contributed by atoms with Gasteiger partial charge in [-0.25, -0.2) is 8.42 Å². The molecule has 0 amide bonds. The van der Waals surface area contributed by atoms with Crippen LogP contribution in [0, 0.1) is 0 Å². The summed E-state index contributed by atoms with van der Waals surface area (Å²) < 4.78 is 32.2. The van der Waals surface area contributed by atoms with Crippen LogP contribution in [0.25, 0.3) is 0 Å². The molecule has 1 aromatic carbocycles. The topological polar surface area (TPSA) is 72.6 Å². The maximum atomic E-state index is 12.6. The molecule has 0 bridgehead atoms. The summed E-state index contributed by atoms with van der Waals surface area (Å²) in [5.41, 5.74) is 6.26. The van der Waals surface area contributed by atoms with Crippen LogP contribution in [0.2, 0.25) is 5.02 Å². The molecule has 2 N–H and O–H groups in total. The molecule has 112 valence electrons. The average molecular weight is 319 g/mol. The van der Waals surface area contributed by atoms with E-state index in [9.17, 15) is 8.42 Å². The highest BCUT2D eigenvalue weighted by molar-refractivity contribution is 7.89. The van der Waals surface area contributed by atoms with Crippen molar-refractivity contribution in [3.8, 4) is 0 Å². The number of nitrogens with two attached hydrogens (primary N) is 1. The average Bonchev–Trinajstić information content (AvgIpc) is 2.37. The van der Waals surface area contributed by atoms with Gasteiger partial charge in [0.2, 0.25) is 10.0 Å². The highest BCUT2D eigenvalue weighted by Gasteiger charge is 2.32. The standard InChI is InChI=1S/C13H19ClN2O3S/c1-9-7-16(8-10(2)19-9)20(17,18)12-4-3-11(6-15)13(14)5-12/h3-5,9-10H,6-8,15H2,1-2H3. The van der Waals surface area contributed by atoms with Crippen LogP contribution >= 0.6 is 11.6 Å². The summed E-state index contributed by atoms with van der Waals surface area (Å²) in [6.45, 7) is 4.71. The molecule has 1 heterocycles. The molecule has 0 spiro atoms. The number of hydrogen-bond acceptors (Lipinski definition) is 4. The minimum atomic E-state index is -3.55. The molecule has 1 fully saturated rings. The highest BCUT2D eigenvalue weighted by Crippen LogP contribution is 2.25. The number of ether oxygens (including phenoxy) is 1. The fraction of sp³-hybridized carbons (Fsp3) is 0.538. The van der Waals surface area contributed by atoms with Gasteiger partial charge in [-0.3, -0.25) is 0 Å². The predicted octanol–water partition coefficient (Wildman–Crippen LogP) is 1.60. The van der Waals surface area contributed by atoms with E-state index in [-0.39, 0.29) is 23.6 Å². The molecule has 1 saturated heterocycles. The first kappa shape index (κ1) is 15.7. The molecule has 0 saturated carbocycles. The highest BCUT2D eigenvalue weighted by atomic mass is 35.5. The van der Waals surface area contributed by atoms with Gasteiger partial charge in [-0.15, -0.1) is 0 Å². The second-order valence-corrected chi connectivity index (χ2v) is 7.38. The smallest absolute Gasteiger partial charge is 0.243 e. The summed E-state index contributed by atoms with van der Waals surface area (Å²) in [5.74, 6) is 0. The van der Waals surface area contributed by atoms with Crippen LogP contribution in [0.15, 0.2) is 23.1 Å². The maximum Gasteiger partial charge on any atom is 0.243 e. The molecule has 7 heteroatoms. The molecule has 1 aliphatic heterocycles. The second-order valence-electron chi connectivity index (χ2n) is 5.04. The van der Waals surface area contributed by atoms with Gasteiger partial charge in [0.15, 0.2) is 0 Å². The Morgan fingerprint density at radius 2 is 1.95 bits per heavy atom. The number of halogens is 1. The van der Waals surface area contributed by atoms with Crippen LogP contribution in [-0.2, 0) is 21.3 Å². The Kier molecular flexibility index (Phi) is 4.71. The number of morpholine rings is 1. The monoisotopic (exact) mass is 318 g/mol. The van der Waals surface area contributed by atoms with Crippen molar-refractivity contribution in [2.24, 2.45) is 5.73 Å².